The molecule has 1 N–H and O–H groups in total. The second kappa shape index (κ2) is 8.01. The molecule has 1 aliphatic rings. The van der Waals surface area contributed by atoms with Crippen molar-refractivity contribution in [1.29, 1.82) is 0 Å². The molecule has 0 saturated carbocycles. The van der Waals surface area contributed by atoms with Crippen LogP contribution in [0.25, 0.3) is 0 Å². The van der Waals surface area contributed by atoms with Crippen LogP contribution in [0.5, 0.6) is 5.75 Å². The van der Waals surface area contributed by atoms with Gasteiger partial charge in [-0.2, -0.15) is 0 Å². The molecule has 0 aliphatic carbocycles. The zero-order valence-electron chi connectivity index (χ0n) is 14.4. The molecule has 2 aromatic rings. The molecule has 1 heterocycles. The number of carbonyl (C=O) groups is 1. The fourth-order valence-corrected chi connectivity index (χ4v) is 3.27. The van der Waals surface area contributed by atoms with Gasteiger partial charge in [-0.25, -0.2) is 9.18 Å². The van der Waals surface area contributed by atoms with Crippen LogP contribution in [0.1, 0.15) is 37.3 Å². The molecule has 3 rings (SSSR count). The van der Waals surface area contributed by atoms with E-state index in [4.69, 9.17) is 4.74 Å². The van der Waals surface area contributed by atoms with E-state index in [0.717, 1.165) is 37.0 Å². The molecule has 0 aromatic heterocycles. The lowest BCUT2D eigenvalue weighted by molar-refractivity contribution is 0.189. The standard InChI is InChI=1S/C20H23FN2O2/c1-25-16-12-10-15(11-13-16)19-9-3-2-6-14-23(19)20(24)22-18-8-5-4-7-17(18)21/h4-5,7-8,10-13,19H,2-3,6,9,14H2,1H3,(H,22,24)/t19-/m1/s1. The number of nitrogens with zero attached hydrogens (tertiary/aromatic N) is 1. The smallest absolute Gasteiger partial charge is 0.322 e. The largest absolute Gasteiger partial charge is 0.497 e. The van der Waals surface area contributed by atoms with E-state index in [1.807, 2.05) is 29.2 Å². The van der Waals surface area contributed by atoms with E-state index in [-0.39, 0.29) is 17.8 Å². The number of amides is 2. The number of methoxy groups -OCH3 is 1. The molecule has 1 fully saturated rings. The first-order chi connectivity index (χ1) is 12.2. The first-order valence-electron chi connectivity index (χ1n) is 8.65. The lowest BCUT2D eigenvalue weighted by atomic mass is 10.0. The summed E-state index contributed by atoms with van der Waals surface area (Å²) < 4.78 is 19.1. The van der Waals surface area contributed by atoms with E-state index in [1.165, 1.54) is 6.07 Å². The monoisotopic (exact) mass is 342 g/mol. The van der Waals surface area contributed by atoms with E-state index in [0.29, 0.717) is 6.54 Å². The van der Waals surface area contributed by atoms with Crippen molar-refractivity contribution >= 4 is 11.7 Å². The number of nitrogens with one attached hydrogen (secondary N) is 1. The summed E-state index contributed by atoms with van der Waals surface area (Å²) in [6, 6.07) is 13.8. The Bertz CT molecular complexity index is 718. The molecule has 1 aliphatic heterocycles. The van der Waals surface area contributed by atoms with Crippen LogP contribution in [0.2, 0.25) is 0 Å². The first-order valence-corrected chi connectivity index (χ1v) is 8.65. The Labute approximate surface area is 147 Å². The van der Waals surface area contributed by atoms with E-state index >= 15 is 0 Å². The minimum absolute atomic E-state index is 0.0137. The number of carbonyl (C=O) groups excluding carboxylic acids is 1. The van der Waals surface area contributed by atoms with Crippen LogP contribution in [0, 0.1) is 5.82 Å². The van der Waals surface area contributed by atoms with E-state index < -0.39 is 5.82 Å². The Morgan fingerprint density at radius 2 is 1.88 bits per heavy atom. The van der Waals surface area contributed by atoms with Crippen LogP contribution in [0.3, 0.4) is 0 Å². The highest BCUT2D eigenvalue weighted by Crippen LogP contribution is 2.31. The maximum Gasteiger partial charge on any atom is 0.322 e. The van der Waals surface area contributed by atoms with Crippen LogP contribution in [-0.2, 0) is 0 Å². The van der Waals surface area contributed by atoms with Crippen molar-refractivity contribution in [1.82, 2.24) is 4.90 Å². The average Bonchev–Trinajstić information content (AvgIpc) is 2.90. The third kappa shape index (κ3) is 4.10. The number of halogens is 1. The highest BCUT2D eigenvalue weighted by atomic mass is 19.1. The van der Waals surface area contributed by atoms with Crippen molar-refractivity contribution in [2.75, 3.05) is 19.0 Å². The second-order valence-electron chi connectivity index (χ2n) is 6.24. The van der Waals surface area contributed by atoms with Crippen LogP contribution in [0.15, 0.2) is 48.5 Å². The Hall–Kier alpha value is -2.56. The molecular weight excluding hydrogens is 319 g/mol. The molecule has 0 spiro atoms. The molecule has 4 nitrogen and oxygen atoms in total. The third-order valence-corrected chi connectivity index (χ3v) is 4.63. The molecule has 1 saturated heterocycles. The molecule has 2 amide bonds. The van der Waals surface area contributed by atoms with E-state index in [2.05, 4.69) is 5.32 Å². The summed E-state index contributed by atoms with van der Waals surface area (Å²) >= 11 is 0. The number of benzene rings is 2. The number of ether oxygens (including phenoxy) is 1. The topological polar surface area (TPSA) is 41.6 Å². The number of urea groups is 1. The molecule has 5 heteroatoms. The van der Waals surface area contributed by atoms with Crippen molar-refractivity contribution in [2.45, 2.75) is 31.7 Å². The molecule has 0 radical (unpaired) electrons. The van der Waals surface area contributed by atoms with Crippen LogP contribution < -0.4 is 10.1 Å². The van der Waals surface area contributed by atoms with Gasteiger partial charge in [0.25, 0.3) is 0 Å². The molecule has 25 heavy (non-hydrogen) atoms. The number of hydrogen-bond acceptors (Lipinski definition) is 2. The van der Waals surface area contributed by atoms with Crippen LogP contribution in [-0.4, -0.2) is 24.6 Å². The predicted octanol–water partition coefficient (Wildman–Crippen LogP) is 4.98. The number of hydrogen-bond donors (Lipinski definition) is 1. The van der Waals surface area contributed by atoms with Gasteiger partial charge in [-0.3, -0.25) is 0 Å². The Balaban J connectivity index is 1.82. The van der Waals surface area contributed by atoms with E-state index in [1.54, 1.807) is 25.3 Å². The molecule has 0 unspecified atom stereocenters. The minimum Gasteiger partial charge on any atom is -0.497 e. The first kappa shape index (κ1) is 17.3. The quantitative estimate of drug-likeness (QED) is 0.854. The Morgan fingerprint density at radius 3 is 2.60 bits per heavy atom. The SMILES string of the molecule is COc1ccc([C@H]2CCCCCN2C(=O)Nc2ccccc2F)cc1. The van der Waals surface area contributed by atoms with Gasteiger partial charge in [-0.05, 0) is 42.7 Å². The fraction of sp³-hybridized carbons (Fsp3) is 0.350. The zero-order chi connectivity index (χ0) is 17.6. The summed E-state index contributed by atoms with van der Waals surface area (Å²) in [5.41, 5.74) is 1.29. The highest BCUT2D eigenvalue weighted by Gasteiger charge is 2.27. The summed E-state index contributed by atoms with van der Waals surface area (Å²) in [7, 11) is 1.63. The van der Waals surface area contributed by atoms with Gasteiger partial charge in [0.2, 0.25) is 0 Å². The number of anilines is 1. The number of para-hydroxylation sites is 1. The predicted molar refractivity (Wildman–Crippen MR) is 96.3 cm³/mol. The number of rotatable bonds is 3. The van der Waals surface area contributed by atoms with Crippen molar-refractivity contribution in [2.24, 2.45) is 0 Å². The Kier molecular flexibility index (Phi) is 5.53. The molecule has 0 bridgehead atoms. The lowest BCUT2D eigenvalue weighted by Gasteiger charge is -2.30. The van der Waals surface area contributed by atoms with Crippen molar-refractivity contribution in [3.63, 3.8) is 0 Å². The average molecular weight is 342 g/mol. The van der Waals surface area contributed by atoms with Gasteiger partial charge in [0.05, 0.1) is 18.8 Å². The molecular formula is C20H23FN2O2. The zero-order valence-corrected chi connectivity index (χ0v) is 14.4. The summed E-state index contributed by atoms with van der Waals surface area (Å²) in [6.45, 7) is 0.664. The third-order valence-electron chi connectivity index (χ3n) is 4.63. The van der Waals surface area contributed by atoms with Crippen molar-refractivity contribution in [3.8, 4) is 5.75 Å². The van der Waals surface area contributed by atoms with Gasteiger partial charge in [0.15, 0.2) is 0 Å². The summed E-state index contributed by atoms with van der Waals surface area (Å²) in [5, 5.41) is 2.72. The van der Waals surface area contributed by atoms with Gasteiger partial charge in [-0.1, -0.05) is 37.1 Å². The van der Waals surface area contributed by atoms with Gasteiger partial charge in [0, 0.05) is 6.54 Å². The van der Waals surface area contributed by atoms with E-state index in [9.17, 15) is 9.18 Å². The fourth-order valence-electron chi connectivity index (χ4n) is 3.27. The Morgan fingerprint density at radius 1 is 1.12 bits per heavy atom. The molecule has 1 atom stereocenters. The second-order valence-corrected chi connectivity index (χ2v) is 6.24. The van der Waals surface area contributed by atoms with Crippen molar-refractivity contribution < 1.29 is 13.9 Å². The maximum absolute atomic E-state index is 13.9. The summed E-state index contributed by atoms with van der Waals surface area (Å²) in [4.78, 5) is 14.6. The summed E-state index contributed by atoms with van der Waals surface area (Å²) in [5.74, 6) is 0.367. The number of likely N-dealkylation sites (tertiary alicyclic amines) is 1. The minimum atomic E-state index is -0.424. The van der Waals surface area contributed by atoms with Gasteiger partial charge >= 0.3 is 6.03 Å². The van der Waals surface area contributed by atoms with Crippen LogP contribution in [0.4, 0.5) is 14.9 Å². The van der Waals surface area contributed by atoms with Crippen LogP contribution >= 0.6 is 0 Å². The van der Waals surface area contributed by atoms with Crippen molar-refractivity contribution in [3.05, 3.63) is 59.9 Å². The van der Waals surface area contributed by atoms with Gasteiger partial charge in [0.1, 0.15) is 11.6 Å². The lowest BCUT2D eigenvalue weighted by Crippen LogP contribution is -2.38. The molecule has 132 valence electrons. The normalized spacial score (nSPS) is 17.7. The van der Waals surface area contributed by atoms with Gasteiger partial charge < -0.3 is 15.0 Å². The van der Waals surface area contributed by atoms with Gasteiger partial charge in [-0.15, -0.1) is 0 Å². The highest BCUT2D eigenvalue weighted by molar-refractivity contribution is 5.89. The summed E-state index contributed by atoms with van der Waals surface area (Å²) in [6.07, 6.45) is 4.02. The maximum atomic E-state index is 13.9. The molecule has 2 aromatic carbocycles.